The van der Waals surface area contributed by atoms with Crippen LogP contribution in [0.4, 0.5) is 18.3 Å². The van der Waals surface area contributed by atoms with Crippen molar-refractivity contribution in [1.82, 2.24) is 14.5 Å². The number of hydrogen-bond acceptors (Lipinski definition) is 6. The fraction of sp³-hybridized carbons (Fsp3) is 0.500. The number of nitrogens with one attached hydrogen (secondary N) is 1. The van der Waals surface area contributed by atoms with Gasteiger partial charge < -0.3 is 14.6 Å². The van der Waals surface area contributed by atoms with Crippen LogP contribution in [0.5, 0.6) is 0 Å². The lowest BCUT2D eigenvalue weighted by atomic mass is 10.2. The molecule has 0 saturated carbocycles. The highest BCUT2D eigenvalue weighted by Gasteiger charge is 2.31. The molecule has 1 amide bonds. The second-order valence-corrected chi connectivity index (χ2v) is 7.88. The van der Waals surface area contributed by atoms with Crippen LogP contribution in [0.25, 0.3) is 0 Å². The summed E-state index contributed by atoms with van der Waals surface area (Å²) in [6.45, 7) is 5.65. The van der Waals surface area contributed by atoms with Crippen LogP contribution in [0.1, 0.15) is 25.1 Å². The lowest BCUT2D eigenvalue weighted by molar-refractivity contribution is -0.138. The van der Waals surface area contributed by atoms with Gasteiger partial charge in [0, 0.05) is 37.3 Å². The number of nitrogens with zero attached hydrogens (tertiary/aromatic N) is 3. The molecule has 0 aromatic carbocycles. The summed E-state index contributed by atoms with van der Waals surface area (Å²) in [6, 6.07) is 1.49. The van der Waals surface area contributed by atoms with E-state index in [9.17, 15) is 22.8 Å². The first kappa shape index (κ1) is 21.5. The minimum Gasteiger partial charge on any atom is -0.373 e. The second kappa shape index (κ2) is 8.64. The van der Waals surface area contributed by atoms with Gasteiger partial charge in [0.1, 0.15) is 6.54 Å². The summed E-state index contributed by atoms with van der Waals surface area (Å²) in [7, 11) is 0. The van der Waals surface area contributed by atoms with Gasteiger partial charge in [0.05, 0.1) is 23.5 Å². The van der Waals surface area contributed by atoms with Crippen LogP contribution in [0.15, 0.2) is 28.5 Å². The van der Waals surface area contributed by atoms with Gasteiger partial charge in [0.15, 0.2) is 5.13 Å². The largest absolute Gasteiger partial charge is 0.417 e. The number of alkyl halides is 3. The highest BCUT2D eigenvalue weighted by molar-refractivity contribution is 7.13. The van der Waals surface area contributed by atoms with E-state index in [1.165, 1.54) is 11.3 Å². The maximum Gasteiger partial charge on any atom is 0.417 e. The van der Waals surface area contributed by atoms with Crippen LogP contribution < -0.4 is 10.9 Å². The molecule has 7 nitrogen and oxygen atoms in total. The molecule has 0 spiro atoms. The first-order chi connectivity index (χ1) is 13.6. The van der Waals surface area contributed by atoms with Gasteiger partial charge in [0.25, 0.3) is 5.56 Å². The average molecular weight is 430 g/mol. The van der Waals surface area contributed by atoms with E-state index in [0.29, 0.717) is 23.9 Å². The molecule has 2 unspecified atom stereocenters. The summed E-state index contributed by atoms with van der Waals surface area (Å²) in [5.41, 5.74) is -0.901. The van der Waals surface area contributed by atoms with Crippen molar-refractivity contribution in [2.75, 3.05) is 18.4 Å². The van der Waals surface area contributed by atoms with E-state index in [-0.39, 0.29) is 12.2 Å². The van der Waals surface area contributed by atoms with Crippen molar-refractivity contribution < 1.29 is 22.7 Å². The number of amides is 1. The first-order valence-electron chi connectivity index (χ1n) is 9.00. The number of morpholine rings is 1. The molecule has 11 heteroatoms. The third-order valence-corrected chi connectivity index (χ3v) is 5.11. The average Bonchev–Trinajstić information content (AvgIpc) is 3.01. The first-order valence-corrected chi connectivity index (χ1v) is 9.88. The van der Waals surface area contributed by atoms with Gasteiger partial charge in [-0.2, -0.15) is 13.2 Å². The number of pyridine rings is 1. The van der Waals surface area contributed by atoms with Crippen LogP contribution >= 0.6 is 11.3 Å². The molecule has 0 bridgehead atoms. The number of carbonyl (C=O) groups excluding carboxylic acids is 1. The van der Waals surface area contributed by atoms with Crippen LogP contribution in [-0.4, -0.2) is 45.7 Å². The molecular formula is C18H21F3N4O3S. The minimum absolute atomic E-state index is 0.127. The fourth-order valence-corrected chi connectivity index (χ4v) is 3.93. The van der Waals surface area contributed by atoms with Crippen LogP contribution in [0.2, 0.25) is 0 Å². The SMILES string of the molecule is CC1CN(Cc2csc(NC(=O)Cn3cc(C(F)(F)F)ccc3=O)n2)CC(C)O1. The molecule has 1 N–H and O–H groups in total. The van der Waals surface area contributed by atoms with Crippen LogP contribution in [0, 0.1) is 0 Å². The van der Waals surface area contributed by atoms with Gasteiger partial charge >= 0.3 is 6.18 Å². The Kier molecular flexibility index (Phi) is 6.39. The van der Waals surface area contributed by atoms with Crippen molar-refractivity contribution in [3.8, 4) is 0 Å². The molecule has 1 aliphatic rings. The summed E-state index contributed by atoms with van der Waals surface area (Å²) in [4.78, 5) is 30.5. The van der Waals surface area contributed by atoms with Gasteiger partial charge in [-0.3, -0.25) is 14.5 Å². The molecule has 158 valence electrons. The standard InChI is InChI=1S/C18H21F3N4O3S/c1-11-5-24(6-12(2)28-11)8-14-10-29-17(22-14)23-15(26)9-25-7-13(18(19,20)21)3-4-16(25)27/h3-4,7,10-12H,5-6,8-9H2,1-2H3,(H,22,23,26). The number of hydrogen-bond donors (Lipinski definition) is 1. The van der Waals surface area contributed by atoms with Gasteiger partial charge in [-0.15, -0.1) is 11.3 Å². The number of carbonyl (C=O) groups is 1. The van der Waals surface area contributed by atoms with Crippen LogP contribution in [-0.2, 0) is 28.8 Å². The van der Waals surface area contributed by atoms with E-state index in [1.54, 1.807) is 0 Å². The Labute approximate surface area is 169 Å². The Morgan fingerprint density at radius 3 is 2.66 bits per heavy atom. The molecule has 0 aliphatic carbocycles. The topological polar surface area (TPSA) is 76.5 Å². The summed E-state index contributed by atoms with van der Waals surface area (Å²) in [6.07, 6.45) is -3.70. The smallest absolute Gasteiger partial charge is 0.373 e. The van der Waals surface area contributed by atoms with Crippen molar-refractivity contribution >= 4 is 22.4 Å². The van der Waals surface area contributed by atoms with Crippen molar-refractivity contribution in [2.24, 2.45) is 0 Å². The Morgan fingerprint density at radius 2 is 2.00 bits per heavy atom. The Hall–Kier alpha value is -2.24. The van der Waals surface area contributed by atoms with Crippen LogP contribution in [0.3, 0.4) is 0 Å². The third-order valence-electron chi connectivity index (χ3n) is 4.30. The predicted molar refractivity (Wildman–Crippen MR) is 102 cm³/mol. The van der Waals surface area contributed by atoms with Crippen molar-refractivity contribution in [3.05, 3.63) is 45.3 Å². The lowest BCUT2D eigenvalue weighted by Crippen LogP contribution is -2.44. The molecule has 3 heterocycles. The number of halogens is 3. The minimum atomic E-state index is -4.59. The number of thiazole rings is 1. The highest BCUT2D eigenvalue weighted by atomic mass is 32.1. The zero-order valence-electron chi connectivity index (χ0n) is 15.9. The van der Waals surface area contributed by atoms with Crippen molar-refractivity contribution in [3.63, 3.8) is 0 Å². The number of rotatable bonds is 5. The Balaban J connectivity index is 1.60. The van der Waals surface area contributed by atoms with E-state index in [4.69, 9.17) is 4.74 Å². The molecular weight excluding hydrogens is 409 g/mol. The quantitative estimate of drug-likeness (QED) is 0.789. The van der Waals surface area contributed by atoms with E-state index < -0.39 is 29.8 Å². The summed E-state index contributed by atoms with van der Waals surface area (Å²) < 4.78 is 44.8. The summed E-state index contributed by atoms with van der Waals surface area (Å²) >= 11 is 1.22. The van der Waals surface area contributed by atoms with Gasteiger partial charge in [-0.25, -0.2) is 4.98 Å². The molecule has 2 aromatic heterocycles. The monoisotopic (exact) mass is 430 g/mol. The van der Waals surface area contributed by atoms with E-state index in [0.717, 1.165) is 29.4 Å². The molecule has 1 aliphatic heterocycles. The maximum atomic E-state index is 12.8. The zero-order valence-corrected chi connectivity index (χ0v) is 16.7. The number of aromatic nitrogens is 2. The normalized spacial score (nSPS) is 20.6. The van der Waals surface area contributed by atoms with E-state index in [1.807, 2.05) is 19.2 Å². The molecule has 0 radical (unpaired) electrons. The fourth-order valence-electron chi connectivity index (χ4n) is 3.22. The Bertz CT molecular complexity index is 918. The molecule has 1 fully saturated rings. The van der Waals surface area contributed by atoms with Gasteiger partial charge in [0.2, 0.25) is 5.91 Å². The Morgan fingerprint density at radius 1 is 1.31 bits per heavy atom. The van der Waals surface area contributed by atoms with Gasteiger partial charge in [-0.05, 0) is 19.9 Å². The molecule has 2 aromatic rings. The molecule has 2 atom stereocenters. The predicted octanol–water partition coefficient (Wildman–Crippen LogP) is 2.57. The lowest BCUT2D eigenvalue weighted by Gasteiger charge is -2.34. The molecule has 3 rings (SSSR count). The van der Waals surface area contributed by atoms with Crippen molar-refractivity contribution in [1.29, 1.82) is 0 Å². The number of anilines is 1. The summed E-state index contributed by atoms with van der Waals surface area (Å²) in [5.74, 6) is -0.624. The summed E-state index contributed by atoms with van der Waals surface area (Å²) in [5, 5.41) is 4.68. The van der Waals surface area contributed by atoms with E-state index >= 15 is 0 Å². The molecule has 29 heavy (non-hydrogen) atoms. The number of ether oxygens (including phenoxy) is 1. The zero-order chi connectivity index (χ0) is 21.2. The highest BCUT2D eigenvalue weighted by Crippen LogP contribution is 2.28. The van der Waals surface area contributed by atoms with Crippen molar-refractivity contribution in [2.45, 2.75) is 45.3 Å². The second-order valence-electron chi connectivity index (χ2n) is 7.03. The van der Waals surface area contributed by atoms with E-state index in [2.05, 4.69) is 15.2 Å². The van der Waals surface area contributed by atoms with Gasteiger partial charge in [-0.1, -0.05) is 0 Å². The maximum absolute atomic E-state index is 12.8. The molecule has 1 saturated heterocycles. The third kappa shape index (κ3) is 5.87.